The molecule has 2 aliphatic rings. The van der Waals surface area contributed by atoms with Gasteiger partial charge >= 0.3 is 0 Å². The first kappa shape index (κ1) is 13.0. The van der Waals surface area contributed by atoms with Gasteiger partial charge in [0.2, 0.25) is 0 Å². The summed E-state index contributed by atoms with van der Waals surface area (Å²) in [4.78, 5) is 0. The second-order valence-electron chi connectivity index (χ2n) is 5.98. The van der Waals surface area contributed by atoms with Gasteiger partial charge in [-0.1, -0.05) is 18.2 Å². The molecular formula is C14H16N4O2S. The van der Waals surface area contributed by atoms with Crippen LogP contribution in [0.5, 0.6) is 0 Å². The van der Waals surface area contributed by atoms with Crippen molar-refractivity contribution in [1.82, 2.24) is 14.8 Å². The van der Waals surface area contributed by atoms with Crippen molar-refractivity contribution < 1.29 is 8.42 Å². The van der Waals surface area contributed by atoms with Gasteiger partial charge < -0.3 is 0 Å². The Balaban J connectivity index is 1.86. The Morgan fingerprint density at radius 3 is 2.33 bits per heavy atom. The standard InChI is InChI=1S/C14H16N4O2S/c15-21(19,20)14-17-16-13(11-7-9-6-10(9)8-11)18(14)12-4-2-1-3-5-12/h1-5,9-11H,6-8H2,(H2,15,19,20). The van der Waals surface area contributed by atoms with Crippen molar-refractivity contribution in [2.75, 3.05) is 0 Å². The maximum absolute atomic E-state index is 11.8. The van der Waals surface area contributed by atoms with Crippen LogP contribution in [0.25, 0.3) is 5.69 Å². The molecule has 21 heavy (non-hydrogen) atoms. The Hall–Kier alpha value is -1.73. The molecule has 1 heterocycles. The zero-order valence-electron chi connectivity index (χ0n) is 11.4. The summed E-state index contributed by atoms with van der Waals surface area (Å²) in [5, 5.41) is 13.1. The Labute approximate surface area is 123 Å². The van der Waals surface area contributed by atoms with Crippen LogP contribution in [0.15, 0.2) is 35.5 Å². The Morgan fingerprint density at radius 1 is 1.05 bits per heavy atom. The van der Waals surface area contributed by atoms with E-state index in [1.165, 1.54) is 6.42 Å². The van der Waals surface area contributed by atoms with E-state index in [2.05, 4.69) is 10.2 Å². The van der Waals surface area contributed by atoms with Gasteiger partial charge in [-0.2, -0.15) is 0 Å². The topological polar surface area (TPSA) is 90.9 Å². The summed E-state index contributed by atoms with van der Waals surface area (Å²) >= 11 is 0. The molecule has 0 radical (unpaired) electrons. The van der Waals surface area contributed by atoms with Crippen LogP contribution < -0.4 is 5.14 Å². The summed E-state index contributed by atoms with van der Waals surface area (Å²) in [6.07, 6.45) is 3.44. The molecule has 0 bridgehead atoms. The number of nitrogens with two attached hydrogens (primary N) is 1. The van der Waals surface area contributed by atoms with Crippen LogP contribution >= 0.6 is 0 Å². The third-order valence-corrected chi connectivity index (χ3v) is 5.31. The summed E-state index contributed by atoms with van der Waals surface area (Å²) in [5.74, 6) is 2.57. The molecular weight excluding hydrogens is 288 g/mol. The van der Waals surface area contributed by atoms with Crippen LogP contribution in [0.4, 0.5) is 0 Å². The van der Waals surface area contributed by atoms with Crippen molar-refractivity contribution in [2.45, 2.75) is 30.3 Å². The fourth-order valence-electron chi connectivity index (χ4n) is 3.48. The second kappa shape index (κ2) is 4.38. The van der Waals surface area contributed by atoms with Gasteiger partial charge in [0.05, 0.1) is 0 Å². The van der Waals surface area contributed by atoms with E-state index in [-0.39, 0.29) is 11.1 Å². The molecule has 2 aliphatic carbocycles. The molecule has 1 aromatic heterocycles. The average Bonchev–Trinajstić information content (AvgIpc) is 2.91. The number of fused-ring (bicyclic) bond motifs is 1. The summed E-state index contributed by atoms with van der Waals surface area (Å²) in [5.41, 5.74) is 0.738. The number of hydrogen-bond donors (Lipinski definition) is 1. The molecule has 1 aromatic carbocycles. The van der Waals surface area contributed by atoms with Crippen molar-refractivity contribution in [1.29, 1.82) is 0 Å². The highest BCUT2D eigenvalue weighted by atomic mass is 32.2. The lowest BCUT2D eigenvalue weighted by Gasteiger charge is -2.14. The normalized spacial score (nSPS) is 27.6. The molecule has 2 unspecified atom stereocenters. The Morgan fingerprint density at radius 2 is 1.71 bits per heavy atom. The smallest absolute Gasteiger partial charge is 0.268 e. The van der Waals surface area contributed by atoms with E-state index >= 15 is 0 Å². The number of hydrogen-bond acceptors (Lipinski definition) is 4. The third kappa shape index (κ3) is 2.16. The number of sulfonamides is 1. The van der Waals surface area contributed by atoms with E-state index in [1.807, 2.05) is 30.3 Å². The lowest BCUT2D eigenvalue weighted by atomic mass is 10.0. The molecule has 4 rings (SSSR count). The molecule has 0 amide bonds. The van der Waals surface area contributed by atoms with Gasteiger partial charge in [-0.15, -0.1) is 10.2 Å². The number of aromatic nitrogens is 3. The lowest BCUT2D eigenvalue weighted by molar-refractivity contribution is 0.566. The van der Waals surface area contributed by atoms with Gasteiger partial charge in [0.15, 0.2) is 0 Å². The zero-order chi connectivity index (χ0) is 14.6. The van der Waals surface area contributed by atoms with Crippen LogP contribution in [0.3, 0.4) is 0 Å². The lowest BCUT2D eigenvalue weighted by Crippen LogP contribution is -2.19. The second-order valence-corrected chi connectivity index (χ2v) is 7.44. The molecule has 2 fully saturated rings. The molecule has 2 N–H and O–H groups in total. The SMILES string of the molecule is NS(=O)(=O)c1nnc(C2CC3CC3C2)n1-c1ccccc1. The van der Waals surface area contributed by atoms with E-state index in [0.717, 1.165) is 36.2 Å². The summed E-state index contributed by atoms with van der Waals surface area (Å²) < 4.78 is 25.2. The maximum atomic E-state index is 11.8. The first-order valence-electron chi connectivity index (χ1n) is 7.07. The molecule has 0 aliphatic heterocycles. The van der Waals surface area contributed by atoms with Crippen LogP contribution in [-0.2, 0) is 10.0 Å². The van der Waals surface area contributed by atoms with Gasteiger partial charge in [0.25, 0.3) is 15.2 Å². The quantitative estimate of drug-likeness (QED) is 0.928. The first-order chi connectivity index (χ1) is 10.0. The maximum Gasteiger partial charge on any atom is 0.274 e. The van der Waals surface area contributed by atoms with E-state index < -0.39 is 10.0 Å². The number of primary sulfonamides is 1. The van der Waals surface area contributed by atoms with Gasteiger partial charge in [0, 0.05) is 11.6 Å². The van der Waals surface area contributed by atoms with Crippen molar-refractivity contribution in [3.8, 4) is 5.69 Å². The van der Waals surface area contributed by atoms with Crippen LogP contribution in [-0.4, -0.2) is 23.2 Å². The van der Waals surface area contributed by atoms with Crippen molar-refractivity contribution in [3.63, 3.8) is 0 Å². The average molecular weight is 304 g/mol. The fourth-order valence-corrected chi connectivity index (χ4v) is 4.08. The summed E-state index contributed by atoms with van der Waals surface area (Å²) in [6.45, 7) is 0. The Kier molecular flexibility index (Phi) is 2.71. The van der Waals surface area contributed by atoms with E-state index in [9.17, 15) is 8.42 Å². The van der Waals surface area contributed by atoms with Gasteiger partial charge in [-0.05, 0) is 43.2 Å². The minimum absolute atomic E-state index is 0.177. The van der Waals surface area contributed by atoms with E-state index in [4.69, 9.17) is 5.14 Å². The number of rotatable bonds is 3. The van der Waals surface area contributed by atoms with Crippen LogP contribution in [0.2, 0.25) is 0 Å². The molecule has 7 heteroatoms. The largest absolute Gasteiger partial charge is 0.274 e. The summed E-state index contributed by atoms with van der Waals surface area (Å²) in [7, 11) is -3.90. The van der Waals surface area contributed by atoms with Gasteiger partial charge in [-0.25, -0.2) is 13.6 Å². The van der Waals surface area contributed by atoms with Crippen molar-refractivity contribution in [3.05, 3.63) is 36.2 Å². The van der Waals surface area contributed by atoms with Gasteiger partial charge in [0.1, 0.15) is 5.82 Å². The van der Waals surface area contributed by atoms with Crippen molar-refractivity contribution in [2.24, 2.45) is 17.0 Å². The molecule has 2 aromatic rings. The monoisotopic (exact) mass is 304 g/mol. The van der Waals surface area contributed by atoms with E-state index in [0.29, 0.717) is 0 Å². The highest BCUT2D eigenvalue weighted by molar-refractivity contribution is 7.89. The van der Waals surface area contributed by atoms with E-state index in [1.54, 1.807) is 4.57 Å². The highest BCUT2D eigenvalue weighted by Gasteiger charge is 2.48. The van der Waals surface area contributed by atoms with Crippen LogP contribution in [0, 0.1) is 11.8 Å². The predicted octanol–water partition coefficient (Wildman–Crippen LogP) is 1.43. The zero-order valence-corrected chi connectivity index (χ0v) is 12.2. The minimum Gasteiger partial charge on any atom is -0.268 e. The highest BCUT2D eigenvalue weighted by Crippen LogP contribution is 2.57. The molecule has 110 valence electrons. The molecule has 0 saturated heterocycles. The first-order valence-corrected chi connectivity index (χ1v) is 8.62. The fraction of sp³-hybridized carbons (Fsp3) is 0.429. The molecule has 2 saturated carbocycles. The predicted molar refractivity (Wildman–Crippen MR) is 76.3 cm³/mol. The van der Waals surface area contributed by atoms with Crippen molar-refractivity contribution >= 4 is 10.0 Å². The minimum atomic E-state index is -3.90. The van der Waals surface area contributed by atoms with Gasteiger partial charge in [-0.3, -0.25) is 4.57 Å². The number of para-hydroxylation sites is 1. The number of benzene rings is 1. The molecule has 6 nitrogen and oxygen atoms in total. The number of nitrogens with zero attached hydrogens (tertiary/aromatic N) is 3. The van der Waals surface area contributed by atoms with Crippen LogP contribution in [0.1, 0.15) is 31.0 Å². The molecule has 2 atom stereocenters. The Bertz CT molecular complexity index is 775. The third-order valence-electron chi connectivity index (χ3n) is 4.54. The molecule has 0 spiro atoms. The summed E-state index contributed by atoms with van der Waals surface area (Å²) in [6, 6.07) is 9.29.